The third-order valence-corrected chi connectivity index (χ3v) is 3.54. The lowest BCUT2D eigenvalue weighted by Gasteiger charge is -2.13. The Balaban J connectivity index is 1.89. The average Bonchev–Trinajstić information content (AvgIpc) is 3.01. The lowest BCUT2D eigenvalue weighted by molar-refractivity contribution is 0.0911. The molecule has 0 spiro atoms. The van der Waals surface area contributed by atoms with E-state index in [1.807, 2.05) is 31.2 Å². The van der Waals surface area contributed by atoms with Gasteiger partial charge in [-0.1, -0.05) is 38.1 Å². The van der Waals surface area contributed by atoms with E-state index in [1.165, 1.54) is 11.6 Å². The number of hydrogen-bond acceptors (Lipinski definition) is 4. The van der Waals surface area contributed by atoms with Crippen molar-refractivity contribution in [2.75, 3.05) is 13.2 Å². The summed E-state index contributed by atoms with van der Waals surface area (Å²) in [5.41, 5.74) is 2.29. The number of H-pyrrole nitrogens is 1. The summed E-state index contributed by atoms with van der Waals surface area (Å²) in [5, 5.41) is 19.3. The fourth-order valence-electron chi connectivity index (χ4n) is 2.15. The molecule has 3 N–H and O–H groups in total. The normalized spacial score (nSPS) is 12.2. The van der Waals surface area contributed by atoms with Gasteiger partial charge in [0.25, 0.3) is 5.91 Å². The molecule has 1 aromatic heterocycles. The molecule has 0 radical (unpaired) electrons. The number of aliphatic hydroxyl groups is 1. The molecule has 1 unspecified atom stereocenters. The van der Waals surface area contributed by atoms with Crippen LogP contribution in [-0.4, -0.2) is 34.4 Å². The van der Waals surface area contributed by atoms with Crippen molar-refractivity contribution in [3.63, 3.8) is 0 Å². The van der Waals surface area contributed by atoms with Crippen molar-refractivity contribution >= 4 is 5.91 Å². The van der Waals surface area contributed by atoms with Gasteiger partial charge in [-0.15, -0.1) is 5.10 Å². The first-order valence-corrected chi connectivity index (χ1v) is 7.75. The van der Waals surface area contributed by atoms with E-state index in [2.05, 4.69) is 29.4 Å². The fourth-order valence-corrected chi connectivity index (χ4v) is 2.15. The molecule has 6 nitrogen and oxygen atoms in total. The average molecular weight is 317 g/mol. The summed E-state index contributed by atoms with van der Waals surface area (Å²) in [6.07, 6.45) is -0.755. The number of carbonyl (C=O) groups excluding carboxylic acids is 1. The van der Waals surface area contributed by atoms with Gasteiger partial charge in [-0.3, -0.25) is 9.89 Å². The molecule has 0 aliphatic carbocycles. The zero-order chi connectivity index (χ0) is 16.8. The van der Waals surface area contributed by atoms with Gasteiger partial charge in [0.2, 0.25) is 5.88 Å². The van der Waals surface area contributed by atoms with Gasteiger partial charge in [0.05, 0.1) is 12.7 Å². The van der Waals surface area contributed by atoms with Crippen molar-refractivity contribution in [2.24, 2.45) is 0 Å². The molecule has 2 aromatic rings. The van der Waals surface area contributed by atoms with E-state index in [0.29, 0.717) is 24.1 Å². The maximum atomic E-state index is 12.0. The Morgan fingerprint density at radius 3 is 2.57 bits per heavy atom. The van der Waals surface area contributed by atoms with Gasteiger partial charge < -0.3 is 15.2 Å². The van der Waals surface area contributed by atoms with E-state index >= 15 is 0 Å². The zero-order valence-electron chi connectivity index (χ0n) is 13.7. The second kappa shape index (κ2) is 7.78. The summed E-state index contributed by atoms with van der Waals surface area (Å²) in [7, 11) is 0. The second-order valence-corrected chi connectivity index (χ2v) is 5.60. The SMILES string of the molecule is CCOc1cc(C(=O)NCC(O)c2ccc(C(C)C)cc2)[nH]n1. The number of carbonyl (C=O) groups is 1. The number of amides is 1. The number of aromatic amines is 1. The van der Waals surface area contributed by atoms with E-state index in [4.69, 9.17) is 4.74 Å². The molecule has 0 bridgehead atoms. The molecule has 1 amide bonds. The number of aromatic nitrogens is 2. The maximum absolute atomic E-state index is 12.0. The highest BCUT2D eigenvalue weighted by atomic mass is 16.5. The Bertz CT molecular complexity index is 635. The first-order chi connectivity index (χ1) is 11.0. The van der Waals surface area contributed by atoms with Crippen molar-refractivity contribution in [1.29, 1.82) is 0 Å². The molecular formula is C17H23N3O3. The number of rotatable bonds is 7. The van der Waals surface area contributed by atoms with Crippen LogP contribution in [0.1, 0.15) is 54.4 Å². The number of ether oxygens (including phenoxy) is 1. The minimum atomic E-state index is -0.755. The quantitative estimate of drug-likeness (QED) is 0.732. The second-order valence-electron chi connectivity index (χ2n) is 5.60. The number of nitrogens with one attached hydrogen (secondary N) is 2. The summed E-state index contributed by atoms with van der Waals surface area (Å²) < 4.78 is 5.19. The van der Waals surface area contributed by atoms with Crippen LogP contribution in [0, 0.1) is 0 Å². The Morgan fingerprint density at radius 2 is 1.96 bits per heavy atom. The Kier molecular flexibility index (Phi) is 5.76. The van der Waals surface area contributed by atoms with Crippen LogP contribution in [0.3, 0.4) is 0 Å². The maximum Gasteiger partial charge on any atom is 0.269 e. The Morgan fingerprint density at radius 1 is 1.30 bits per heavy atom. The number of hydrogen-bond donors (Lipinski definition) is 3. The van der Waals surface area contributed by atoms with Gasteiger partial charge in [0, 0.05) is 12.6 Å². The molecule has 1 heterocycles. The summed E-state index contributed by atoms with van der Waals surface area (Å²) >= 11 is 0. The Labute approximate surface area is 135 Å². The van der Waals surface area contributed by atoms with Crippen molar-refractivity contribution in [1.82, 2.24) is 15.5 Å². The summed E-state index contributed by atoms with van der Waals surface area (Å²) in [6, 6.07) is 9.29. The lowest BCUT2D eigenvalue weighted by atomic mass is 10.00. The molecule has 0 saturated heterocycles. The molecule has 0 fully saturated rings. The van der Waals surface area contributed by atoms with E-state index in [-0.39, 0.29) is 12.5 Å². The van der Waals surface area contributed by atoms with Gasteiger partial charge in [-0.2, -0.15) is 0 Å². The molecule has 1 aromatic carbocycles. The zero-order valence-corrected chi connectivity index (χ0v) is 13.7. The van der Waals surface area contributed by atoms with E-state index in [1.54, 1.807) is 0 Å². The summed E-state index contributed by atoms with van der Waals surface area (Å²) in [5.74, 6) is 0.490. The highest BCUT2D eigenvalue weighted by molar-refractivity contribution is 5.92. The molecule has 6 heteroatoms. The molecular weight excluding hydrogens is 294 g/mol. The minimum Gasteiger partial charge on any atom is -0.477 e. The fraction of sp³-hybridized carbons (Fsp3) is 0.412. The third-order valence-electron chi connectivity index (χ3n) is 3.54. The van der Waals surface area contributed by atoms with Gasteiger partial charge >= 0.3 is 0 Å². The summed E-state index contributed by atoms with van der Waals surface area (Å²) in [4.78, 5) is 12.0. The van der Waals surface area contributed by atoms with Crippen molar-refractivity contribution in [3.05, 3.63) is 47.2 Å². The first kappa shape index (κ1) is 17.0. The molecule has 0 saturated carbocycles. The molecule has 124 valence electrons. The van der Waals surface area contributed by atoms with E-state index in [9.17, 15) is 9.90 Å². The molecule has 0 aliphatic rings. The molecule has 2 rings (SSSR count). The van der Waals surface area contributed by atoms with Gasteiger partial charge in [-0.25, -0.2) is 0 Å². The summed E-state index contributed by atoms with van der Waals surface area (Å²) in [6.45, 7) is 6.69. The topological polar surface area (TPSA) is 87.2 Å². The van der Waals surface area contributed by atoms with E-state index in [0.717, 1.165) is 5.56 Å². The van der Waals surface area contributed by atoms with Gasteiger partial charge in [0.15, 0.2) is 0 Å². The van der Waals surface area contributed by atoms with Crippen molar-refractivity contribution in [3.8, 4) is 5.88 Å². The first-order valence-electron chi connectivity index (χ1n) is 7.75. The van der Waals surface area contributed by atoms with Crippen LogP contribution in [0.5, 0.6) is 5.88 Å². The molecule has 23 heavy (non-hydrogen) atoms. The monoisotopic (exact) mass is 317 g/mol. The number of nitrogens with zero attached hydrogens (tertiary/aromatic N) is 1. The van der Waals surface area contributed by atoms with Crippen LogP contribution < -0.4 is 10.1 Å². The lowest BCUT2D eigenvalue weighted by Crippen LogP contribution is -2.28. The van der Waals surface area contributed by atoms with Gasteiger partial charge in [0.1, 0.15) is 5.69 Å². The van der Waals surface area contributed by atoms with Crippen molar-refractivity contribution in [2.45, 2.75) is 32.8 Å². The predicted molar refractivity (Wildman–Crippen MR) is 87.6 cm³/mol. The smallest absolute Gasteiger partial charge is 0.269 e. The van der Waals surface area contributed by atoms with Crippen LogP contribution in [0.25, 0.3) is 0 Å². The predicted octanol–water partition coefficient (Wildman–Crippen LogP) is 2.40. The van der Waals surface area contributed by atoms with Crippen LogP contribution in [0.2, 0.25) is 0 Å². The minimum absolute atomic E-state index is 0.128. The van der Waals surface area contributed by atoms with Crippen molar-refractivity contribution < 1.29 is 14.6 Å². The van der Waals surface area contributed by atoms with Crippen LogP contribution in [-0.2, 0) is 0 Å². The molecule has 0 aliphatic heterocycles. The van der Waals surface area contributed by atoms with Crippen LogP contribution in [0.4, 0.5) is 0 Å². The largest absolute Gasteiger partial charge is 0.477 e. The van der Waals surface area contributed by atoms with E-state index < -0.39 is 6.10 Å². The third kappa shape index (κ3) is 4.56. The number of aliphatic hydroxyl groups excluding tert-OH is 1. The highest BCUT2D eigenvalue weighted by Gasteiger charge is 2.13. The van der Waals surface area contributed by atoms with Crippen LogP contribution in [0.15, 0.2) is 30.3 Å². The molecule has 1 atom stereocenters. The number of benzene rings is 1. The standard InChI is InChI=1S/C17H23N3O3/c1-4-23-16-9-14(19-20-16)17(22)18-10-15(21)13-7-5-12(6-8-13)11(2)3/h5-9,11,15,21H,4,10H2,1-3H3,(H,18,22)(H,19,20). The van der Waals surface area contributed by atoms with Gasteiger partial charge in [-0.05, 0) is 24.0 Å². The van der Waals surface area contributed by atoms with Crippen LogP contribution >= 0.6 is 0 Å². The Hall–Kier alpha value is -2.34. The highest BCUT2D eigenvalue weighted by Crippen LogP contribution is 2.18.